The number of carbonyl (C=O) groups excluding carboxylic acids is 1. The fourth-order valence-corrected chi connectivity index (χ4v) is 3.33. The predicted molar refractivity (Wildman–Crippen MR) is 116 cm³/mol. The summed E-state index contributed by atoms with van der Waals surface area (Å²) in [4.78, 5) is 12.6. The summed E-state index contributed by atoms with van der Waals surface area (Å²) in [7, 11) is 1.54. The molecule has 0 aliphatic heterocycles. The van der Waals surface area contributed by atoms with Crippen LogP contribution in [-0.4, -0.2) is 39.7 Å². The molecular weight excluding hydrogens is 427 g/mol. The van der Waals surface area contributed by atoms with Gasteiger partial charge in [0.25, 0.3) is 0 Å². The third-order valence-electron chi connectivity index (χ3n) is 4.66. The lowest BCUT2D eigenvalue weighted by Crippen LogP contribution is -2.16. The van der Waals surface area contributed by atoms with Crippen LogP contribution < -0.4 is 10.1 Å². The number of halogens is 2. The largest absolute Gasteiger partial charge is 0.495 e. The molecule has 2 aromatic carbocycles. The molecule has 3 rings (SSSR count). The minimum atomic E-state index is -0.237. The highest BCUT2D eigenvalue weighted by molar-refractivity contribution is 6.42. The standard InChI is InChI=1S/C21H22Cl2N4O3/c1-13-18(25-26-27(13)12-15-3-5-16(22)17(23)9-15)11-21(29)24-19-10-14(7-8-28)4-6-20(19)30-2/h3-6,9-10,28H,7-8,11-12H2,1-2H3,(H,24,29). The van der Waals surface area contributed by atoms with Crippen LogP contribution in [0.15, 0.2) is 36.4 Å². The van der Waals surface area contributed by atoms with E-state index in [2.05, 4.69) is 15.6 Å². The second-order valence-electron chi connectivity index (χ2n) is 6.76. The van der Waals surface area contributed by atoms with Gasteiger partial charge in [0, 0.05) is 6.61 Å². The van der Waals surface area contributed by atoms with Gasteiger partial charge >= 0.3 is 0 Å². The first kappa shape index (κ1) is 22.1. The van der Waals surface area contributed by atoms with Crippen LogP contribution >= 0.6 is 23.2 Å². The summed E-state index contributed by atoms with van der Waals surface area (Å²) < 4.78 is 7.03. The van der Waals surface area contributed by atoms with Crippen LogP contribution in [0.5, 0.6) is 5.75 Å². The first-order chi connectivity index (χ1) is 14.4. The summed E-state index contributed by atoms with van der Waals surface area (Å²) in [6, 6.07) is 10.8. The highest BCUT2D eigenvalue weighted by atomic mass is 35.5. The van der Waals surface area contributed by atoms with Gasteiger partial charge in [0.1, 0.15) is 5.75 Å². The fraction of sp³-hybridized carbons (Fsp3) is 0.286. The molecule has 0 saturated carbocycles. The second-order valence-corrected chi connectivity index (χ2v) is 7.58. The smallest absolute Gasteiger partial charge is 0.230 e. The van der Waals surface area contributed by atoms with Crippen LogP contribution in [0, 0.1) is 6.92 Å². The van der Waals surface area contributed by atoms with Crippen LogP contribution in [0.25, 0.3) is 0 Å². The van der Waals surface area contributed by atoms with Crippen molar-refractivity contribution >= 4 is 34.8 Å². The Kier molecular flexibility index (Phi) is 7.31. The van der Waals surface area contributed by atoms with Crippen LogP contribution in [0.4, 0.5) is 5.69 Å². The third kappa shape index (κ3) is 5.30. The molecular formula is C21H22Cl2N4O3. The highest BCUT2D eigenvalue weighted by Gasteiger charge is 2.15. The third-order valence-corrected chi connectivity index (χ3v) is 5.40. The van der Waals surface area contributed by atoms with E-state index in [0.29, 0.717) is 40.1 Å². The number of aliphatic hydroxyl groups excluding tert-OH is 1. The molecule has 2 N–H and O–H groups in total. The molecule has 0 atom stereocenters. The monoisotopic (exact) mass is 448 g/mol. The number of nitrogens with zero attached hydrogens (tertiary/aromatic N) is 3. The zero-order valence-corrected chi connectivity index (χ0v) is 18.2. The average Bonchev–Trinajstić information content (AvgIpc) is 3.04. The van der Waals surface area contributed by atoms with Gasteiger partial charge in [0.2, 0.25) is 5.91 Å². The molecule has 1 aromatic heterocycles. The Morgan fingerprint density at radius 1 is 1.17 bits per heavy atom. The average molecular weight is 449 g/mol. The molecule has 9 heteroatoms. The number of amides is 1. The normalized spacial score (nSPS) is 10.8. The van der Waals surface area contributed by atoms with Crippen LogP contribution in [0.3, 0.4) is 0 Å². The van der Waals surface area contributed by atoms with Gasteiger partial charge in [-0.3, -0.25) is 4.79 Å². The maximum absolute atomic E-state index is 12.6. The molecule has 0 saturated heterocycles. The molecule has 1 amide bonds. The number of aromatic nitrogens is 3. The van der Waals surface area contributed by atoms with E-state index in [0.717, 1.165) is 16.8 Å². The first-order valence-corrected chi connectivity index (χ1v) is 10.1. The molecule has 1 heterocycles. The number of ether oxygens (including phenoxy) is 1. The van der Waals surface area contributed by atoms with Crippen molar-refractivity contribution in [2.75, 3.05) is 19.0 Å². The maximum atomic E-state index is 12.6. The Hall–Kier alpha value is -2.61. The molecule has 3 aromatic rings. The lowest BCUT2D eigenvalue weighted by Gasteiger charge is -2.12. The van der Waals surface area contributed by atoms with Crippen molar-refractivity contribution in [3.8, 4) is 5.75 Å². The van der Waals surface area contributed by atoms with Gasteiger partial charge < -0.3 is 15.2 Å². The number of hydrogen-bond donors (Lipinski definition) is 2. The maximum Gasteiger partial charge on any atom is 0.230 e. The number of benzene rings is 2. The van der Waals surface area contributed by atoms with Gasteiger partial charge in [0.15, 0.2) is 0 Å². The Morgan fingerprint density at radius 3 is 2.63 bits per heavy atom. The zero-order chi connectivity index (χ0) is 21.7. The topological polar surface area (TPSA) is 89.3 Å². The van der Waals surface area contributed by atoms with E-state index in [9.17, 15) is 4.79 Å². The van der Waals surface area contributed by atoms with Crippen molar-refractivity contribution in [1.29, 1.82) is 0 Å². The Labute approximate surface area is 184 Å². The number of hydrogen-bond acceptors (Lipinski definition) is 5. The number of carbonyl (C=O) groups is 1. The molecule has 0 aliphatic rings. The molecule has 158 valence electrons. The second kappa shape index (κ2) is 9.93. The molecule has 0 radical (unpaired) electrons. The van der Waals surface area contributed by atoms with Crippen molar-refractivity contribution in [2.45, 2.75) is 26.3 Å². The van der Waals surface area contributed by atoms with E-state index in [4.69, 9.17) is 33.0 Å². The molecule has 0 spiro atoms. The van der Waals surface area contributed by atoms with Crippen molar-refractivity contribution in [2.24, 2.45) is 0 Å². The van der Waals surface area contributed by atoms with Gasteiger partial charge in [-0.25, -0.2) is 4.68 Å². The molecule has 30 heavy (non-hydrogen) atoms. The molecule has 0 aliphatic carbocycles. The van der Waals surface area contributed by atoms with Crippen molar-refractivity contribution in [1.82, 2.24) is 15.0 Å². The van der Waals surface area contributed by atoms with Crippen LogP contribution in [0.2, 0.25) is 10.0 Å². The Balaban J connectivity index is 1.70. The van der Waals surface area contributed by atoms with Crippen LogP contribution in [-0.2, 0) is 24.2 Å². The van der Waals surface area contributed by atoms with E-state index in [1.165, 1.54) is 7.11 Å². The van der Waals surface area contributed by atoms with E-state index < -0.39 is 0 Å². The number of anilines is 1. The summed E-state index contributed by atoms with van der Waals surface area (Å²) in [5.41, 5.74) is 3.75. The number of nitrogens with one attached hydrogen (secondary N) is 1. The van der Waals surface area contributed by atoms with E-state index in [1.54, 1.807) is 28.9 Å². The van der Waals surface area contributed by atoms with E-state index in [-0.39, 0.29) is 18.9 Å². The number of aliphatic hydroxyl groups is 1. The highest BCUT2D eigenvalue weighted by Crippen LogP contribution is 2.26. The quantitative estimate of drug-likeness (QED) is 0.548. The lowest BCUT2D eigenvalue weighted by atomic mass is 10.1. The van der Waals surface area contributed by atoms with Crippen molar-refractivity contribution < 1.29 is 14.6 Å². The number of methoxy groups -OCH3 is 1. The molecule has 0 bridgehead atoms. The van der Waals surface area contributed by atoms with Gasteiger partial charge in [-0.15, -0.1) is 5.10 Å². The van der Waals surface area contributed by atoms with E-state index >= 15 is 0 Å². The van der Waals surface area contributed by atoms with Crippen molar-refractivity contribution in [3.05, 3.63) is 69.0 Å². The summed E-state index contributed by atoms with van der Waals surface area (Å²) >= 11 is 12.0. The summed E-state index contributed by atoms with van der Waals surface area (Å²) in [5, 5.41) is 21.3. The van der Waals surface area contributed by atoms with Gasteiger partial charge in [-0.1, -0.05) is 40.5 Å². The minimum absolute atomic E-state index is 0.0286. The van der Waals surface area contributed by atoms with Gasteiger partial charge in [-0.2, -0.15) is 0 Å². The Morgan fingerprint density at radius 2 is 1.93 bits per heavy atom. The van der Waals surface area contributed by atoms with Gasteiger partial charge in [0.05, 0.1) is 47.2 Å². The molecule has 0 fully saturated rings. The van der Waals surface area contributed by atoms with Gasteiger partial charge in [-0.05, 0) is 48.7 Å². The first-order valence-electron chi connectivity index (χ1n) is 9.31. The summed E-state index contributed by atoms with van der Waals surface area (Å²) in [5.74, 6) is 0.309. The predicted octanol–water partition coefficient (Wildman–Crippen LogP) is 3.67. The minimum Gasteiger partial charge on any atom is -0.495 e. The summed E-state index contributed by atoms with van der Waals surface area (Å²) in [6.45, 7) is 2.36. The Bertz CT molecular complexity index is 1050. The molecule has 0 unspecified atom stereocenters. The lowest BCUT2D eigenvalue weighted by molar-refractivity contribution is -0.115. The van der Waals surface area contributed by atoms with Crippen molar-refractivity contribution in [3.63, 3.8) is 0 Å². The number of rotatable bonds is 8. The summed E-state index contributed by atoms with van der Waals surface area (Å²) in [6.07, 6.45) is 0.565. The zero-order valence-electron chi connectivity index (χ0n) is 16.7. The van der Waals surface area contributed by atoms with E-state index in [1.807, 2.05) is 19.1 Å². The fourth-order valence-electron chi connectivity index (χ4n) is 3.00. The van der Waals surface area contributed by atoms with Crippen LogP contribution in [0.1, 0.15) is 22.5 Å². The molecule has 7 nitrogen and oxygen atoms in total. The SMILES string of the molecule is COc1ccc(CCO)cc1NC(=O)Cc1nnn(Cc2ccc(Cl)c(Cl)c2)c1C.